The Bertz CT molecular complexity index is 467. The first-order valence-corrected chi connectivity index (χ1v) is 7.95. The van der Waals surface area contributed by atoms with Crippen molar-refractivity contribution in [2.24, 2.45) is 5.92 Å². The van der Waals surface area contributed by atoms with Crippen LogP contribution in [0.15, 0.2) is 18.2 Å². The van der Waals surface area contributed by atoms with E-state index in [0.717, 1.165) is 12.8 Å². The highest BCUT2D eigenvalue weighted by molar-refractivity contribution is 9.09. The van der Waals surface area contributed by atoms with E-state index >= 15 is 0 Å². The van der Waals surface area contributed by atoms with Gasteiger partial charge in [0, 0.05) is 16.5 Å². The largest absolute Gasteiger partial charge is 0.274 e. The van der Waals surface area contributed by atoms with Crippen LogP contribution in [-0.4, -0.2) is 9.75 Å². The first-order valence-electron chi connectivity index (χ1n) is 6.65. The molecule has 1 fully saturated rings. The van der Waals surface area contributed by atoms with Crippen LogP contribution in [0, 0.1) is 16.0 Å². The van der Waals surface area contributed by atoms with Gasteiger partial charge in [0.15, 0.2) is 0 Å². The van der Waals surface area contributed by atoms with Crippen LogP contribution in [0.3, 0.4) is 0 Å². The first kappa shape index (κ1) is 14.8. The molecule has 104 valence electrons. The van der Waals surface area contributed by atoms with Gasteiger partial charge in [0.2, 0.25) is 0 Å². The minimum Gasteiger partial charge on any atom is -0.258 e. The van der Waals surface area contributed by atoms with E-state index in [-0.39, 0.29) is 10.6 Å². The number of benzene rings is 1. The second-order valence-corrected chi connectivity index (χ2v) is 6.70. The van der Waals surface area contributed by atoms with Gasteiger partial charge in [0.1, 0.15) is 0 Å². The number of nitro groups is 1. The van der Waals surface area contributed by atoms with Gasteiger partial charge in [0.05, 0.1) is 9.95 Å². The second kappa shape index (κ2) is 6.71. The van der Waals surface area contributed by atoms with Crippen LogP contribution in [0.25, 0.3) is 0 Å². The molecule has 2 rings (SSSR count). The summed E-state index contributed by atoms with van der Waals surface area (Å²) < 4.78 is 0. The van der Waals surface area contributed by atoms with Gasteiger partial charge in [-0.3, -0.25) is 10.1 Å². The summed E-state index contributed by atoms with van der Waals surface area (Å²) >= 11 is 9.90. The highest BCUT2D eigenvalue weighted by Gasteiger charge is 2.26. The van der Waals surface area contributed by atoms with Gasteiger partial charge in [-0.1, -0.05) is 52.9 Å². The Kier molecular flexibility index (Phi) is 5.22. The Morgan fingerprint density at radius 2 is 2.05 bits per heavy atom. The van der Waals surface area contributed by atoms with Crippen molar-refractivity contribution in [3.8, 4) is 0 Å². The number of hydrogen-bond acceptors (Lipinski definition) is 2. The maximum atomic E-state index is 11.1. The van der Waals surface area contributed by atoms with E-state index in [4.69, 9.17) is 11.6 Å². The smallest absolute Gasteiger partial charge is 0.258 e. The van der Waals surface area contributed by atoms with E-state index in [1.807, 2.05) is 0 Å². The van der Waals surface area contributed by atoms with Crippen molar-refractivity contribution in [3.63, 3.8) is 0 Å². The van der Waals surface area contributed by atoms with Gasteiger partial charge in [-0.15, -0.1) is 0 Å². The van der Waals surface area contributed by atoms with Crippen molar-refractivity contribution >= 4 is 33.2 Å². The van der Waals surface area contributed by atoms with Gasteiger partial charge in [-0.05, 0) is 31.2 Å². The van der Waals surface area contributed by atoms with Crippen LogP contribution in [0.5, 0.6) is 0 Å². The van der Waals surface area contributed by atoms with Crippen LogP contribution >= 0.6 is 27.5 Å². The quantitative estimate of drug-likeness (QED) is 0.329. The Balaban J connectivity index is 2.24. The lowest BCUT2D eigenvalue weighted by atomic mass is 9.91. The highest BCUT2D eigenvalue weighted by Crippen LogP contribution is 2.35. The Morgan fingerprint density at radius 1 is 1.32 bits per heavy atom. The molecule has 19 heavy (non-hydrogen) atoms. The van der Waals surface area contributed by atoms with Crippen LogP contribution < -0.4 is 0 Å². The third-order valence-electron chi connectivity index (χ3n) is 3.82. The van der Waals surface area contributed by atoms with Crippen LogP contribution in [0.4, 0.5) is 5.69 Å². The van der Waals surface area contributed by atoms with E-state index in [1.54, 1.807) is 18.2 Å². The summed E-state index contributed by atoms with van der Waals surface area (Å²) in [5, 5.41) is 11.6. The Labute approximate surface area is 126 Å². The van der Waals surface area contributed by atoms with Crippen LogP contribution in [0.2, 0.25) is 5.02 Å². The molecule has 2 unspecified atom stereocenters. The molecular weight excluding hydrogens is 330 g/mol. The lowest BCUT2D eigenvalue weighted by molar-refractivity contribution is -0.385. The van der Waals surface area contributed by atoms with Gasteiger partial charge in [0.25, 0.3) is 5.69 Å². The molecule has 1 aromatic rings. The molecule has 3 nitrogen and oxygen atoms in total. The molecule has 0 bridgehead atoms. The molecule has 0 radical (unpaired) electrons. The maximum absolute atomic E-state index is 11.1. The summed E-state index contributed by atoms with van der Waals surface area (Å²) in [6, 6.07) is 4.92. The Morgan fingerprint density at radius 3 is 2.79 bits per heavy atom. The summed E-state index contributed by atoms with van der Waals surface area (Å²) in [6.07, 6.45) is 6.62. The number of hydrogen-bond donors (Lipinski definition) is 0. The lowest BCUT2D eigenvalue weighted by Gasteiger charge is -2.20. The van der Waals surface area contributed by atoms with Crippen LogP contribution in [-0.2, 0) is 6.42 Å². The number of nitrogens with zero attached hydrogens (tertiary/aromatic N) is 1. The molecule has 0 N–H and O–H groups in total. The summed E-state index contributed by atoms with van der Waals surface area (Å²) in [4.78, 5) is 11.2. The lowest BCUT2D eigenvalue weighted by Crippen LogP contribution is -2.16. The molecule has 0 spiro atoms. The third-order valence-corrected chi connectivity index (χ3v) is 5.38. The summed E-state index contributed by atoms with van der Waals surface area (Å²) in [5.74, 6) is 0.432. The Hall–Kier alpha value is -0.610. The zero-order valence-electron chi connectivity index (χ0n) is 10.6. The molecule has 0 amide bonds. The molecular formula is C14H17BrClNO2. The SMILES string of the molecule is O=[N+]([O-])c1cccc(Cl)c1CC1CCCCCC1Br. The number of rotatable bonds is 3. The van der Waals surface area contributed by atoms with Crippen molar-refractivity contribution in [3.05, 3.63) is 38.9 Å². The maximum Gasteiger partial charge on any atom is 0.274 e. The van der Waals surface area contributed by atoms with Crippen LogP contribution in [0.1, 0.15) is 37.7 Å². The van der Waals surface area contributed by atoms with Crippen molar-refractivity contribution in [2.45, 2.75) is 43.4 Å². The molecule has 1 aliphatic rings. The minimum absolute atomic E-state index is 0.149. The fourth-order valence-electron chi connectivity index (χ4n) is 2.75. The van der Waals surface area contributed by atoms with Crippen molar-refractivity contribution in [1.29, 1.82) is 0 Å². The van der Waals surface area contributed by atoms with Crippen molar-refractivity contribution in [2.75, 3.05) is 0 Å². The molecule has 0 aromatic heterocycles. The van der Waals surface area contributed by atoms with Gasteiger partial charge >= 0.3 is 0 Å². The highest BCUT2D eigenvalue weighted by atomic mass is 79.9. The van der Waals surface area contributed by atoms with E-state index in [9.17, 15) is 10.1 Å². The zero-order chi connectivity index (χ0) is 13.8. The third kappa shape index (κ3) is 3.69. The molecule has 1 aromatic carbocycles. The zero-order valence-corrected chi connectivity index (χ0v) is 13.0. The van der Waals surface area contributed by atoms with Crippen molar-refractivity contribution in [1.82, 2.24) is 0 Å². The number of alkyl halides is 1. The predicted molar refractivity (Wildman–Crippen MR) is 81.1 cm³/mol. The molecule has 0 saturated heterocycles. The summed E-state index contributed by atoms with van der Waals surface area (Å²) in [7, 11) is 0. The average Bonchev–Trinajstić information content (AvgIpc) is 2.57. The second-order valence-electron chi connectivity index (χ2n) is 5.11. The van der Waals surface area contributed by atoms with Gasteiger partial charge in [-0.2, -0.15) is 0 Å². The monoisotopic (exact) mass is 345 g/mol. The molecule has 0 heterocycles. The standard InChI is InChI=1S/C14H17BrClNO2/c15-12-6-3-1-2-5-10(12)9-11-13(16)7-4-8-14(11)17(18)19/h4,7-8,10,12H,1-3,5-6,9H2. The number of halogens is 2. The molecule has 2 atom stereocenters. The van der Waals surface area contributed by atoms with Gasteiger partial charge in [-0.25, -0.2) is 0 Å². The van der Waals surface area contributed by atoms with Gasteiger partial charge < -0.3 is 0 Å². The summed E-state index contributed by atoms with van der Waals surface area (Å²) in [6.45, 7) is 0. The number of nitro benzene ring substituents is 1. The normalized spacial score (nSPS) is 23.9. The topological polar surface area (TPSA) is 43.1 Å². The van der Waals surface area contributed by atoms with E-state index in [2.05, 4.69) is 15.9 Å². The van der Waals surface area contributed by atoms with E-state index in [0.29, 0.717) is 27.8 Å². The minimum atomic E-state index is -0.332. The van der Waals surface area contributed by atoms with E-state index in [1.165, 1.54) is 19.3 Å². The summed E-state index contributed by atoms with van der Waals surface area (Å²) in [5.41, 5.74) is 0.835. The molecule has 5 heteroatoms. The fourth-order valence-corrected chi connectivity index (χ4v) is 3.77. The van der Waals surface area contributed by atoms with Crippen molar-refractivity contribution < 1.29 is 4.92 Å². The molecule has 0 aliphatic heterocycles. The fraction of sp³-hybridized carbons (Fsp3) is 0.571. The first-order chi connectivity index (χ1) is 9.09. The molecule has 1 saturated carbocycles. The average molecular weight is 347 g/mol. The van der Waals surface area contributed by atoms with E-state index < -0.39 is 0 Å². The predicted octanol–water partition coefficient (Wildman–Crippen LogP) is 5.13. The molecule has 1 aliphatic carbocycles.